The van der Waals surface area contributed by atoms with Gasteiger partial charge in [0.05, 0.1) is 0 Å². The second-order valence-electron chi connectivity index (χ2n) is 3.21. The van der Waals surface area contributed by atoms with Gasteiger partial charge in [0.1, 0.15) is 12.4 Å². The third-order valence-electron chi connectivity index (χ3n) is 2.19. The highest BCUT2D eigenvalue weighted by atomic mass is 79.9. The molecule has 2 nitrogen and oxygen atoms in total. The first-order valence-electron chi connectivity index (χ1n) is 4.66. The summed E-state index contributed by atoms with van der Waals surface area (Å²) >= 11 is 9.38. The van der Waals surface area contributed by atoms with Gasteiger partial charge >= 0.3 is 0 Å². The van der Waals surface area contributed by atoms with E-state index in [9.17, 15) is 4.79 Å². The van der Waals surface area contributed by atoms with Gasteiger partial charge in [-0.3, -0.25) is 4.79 Å². The number of rotatable bonds is 3. The monoisotopic (exact) mass is 298 g/mol. The van der Waals surface area contributed by atoms with Crippen molar-refractivity contribution in [3.63, 3.8) is 0 Å². The summed E-state index contributed by atoms with van der Waals surface area (Å²) in [6.07, 6.45) is 0.726. The smallest absolute Gasteiger partial charge is 0.157 e. The van der Waals surface area contributed by atoms with E-state index in [1.54, 1.807) is 6.07 Å². The molecule has 0 bridgehead atoms. The van der Waals surface area contributed by atoms with Crippen LogP contribution in [0.1, 0.15) is 0 Å². The zero-order chi connectivity index (χ0) is 11.5. The van der Waals surface area contributed by atoms with Gasteiger partial charge in [0, 0.05) is 20.3 Å². The Hall–Kier alpha value is -1.06. The fourth-order valence-electron chi connectivity index (χ4n) is 1.51. The molecular weight excluding hydrogens is 291 g/mol. The van der Waals surface area contributed by atoms with Crippen molar-refractivity contribution in [3.05, 3.63) is 39.8 Å². The Morgan fingerprint density at radius 3 is 2.81 bits per heavy atom. The predicted octanol–water partition coefficient (Wildman–Crippen LogP) is 3.83. The van der Waals surface area contributed by atoms with Crippen molar-refractivity contribution in [3.8, 4) is 5.75 Å². The molecule has 0 atom stereocenters. The number of hydrogen-bond acceptors (Lipinski definition) is 2. The van der Waals surface area contributed by atoms with Gasteiger partial charge in [-0.25, -0.2) is 0 Å². The van der Waals surface area contributed by atoms with E-state index in [2.05, 4.69) is 15.9 Å². The molecule has 0 N–H and O–H groups in total. The molecule has 2 rings (SSSR count). The maximum absolute atomic E-state index is 10.3. The lowest BCUT2D eigenvalue weighted by Crippen LogP contribution is -1.98. The summed E-state index contributed by atoms with van der Waals surface area (Å²) in [5, 5.41) is 2.57. The Labute approximate surface area is 106 Å². The molecule has 0 saturated heterocycles. The molecular formula is C12H8BrClO2. The average molecular weight is 300 g/mol. The molecule has 82 valence electrons. The van der Waals surface area contributed by atoms with Crippen molar-refractivity contribution in [2.45, 2.75) is 0 Å². The van der Waals surface area contributed by atoms with Crippen LogP contribution in [0.2, 0.25) is 5.02 Å². The summed E-state index contributed by atoms with van der Waals surface area (Å²) < 4.78 is 6.28. The number of carbonyl (C=O) groups excluding carboxylic acids is 1. The van der Waals surface area contributed by atoms with E-state index in [0.717, 1.165) is 21.5 Å². The summed E-state index contributed by atoms with van der Waals surface area (Å²) in [5.74, 6) is 0.682. The van der Waals surface area contributed by atoms with Crippen molar-refractivity contribution in [1.82, 2.24) is 0 Å². The van der Waals surface area contributed by atoms with E-state index >= 15 is 0 Å². The number of halogens is 2. The lowest BCUT2D eigenvalue weighted by Gasteiger charge is -2.08. The first kappa shape index (κ1) is 11.4. The summed E-state index contributed by atoms with van der Waals surface area (Å²) in [6, 6.07) is 9.23. The molecule has 0 aliphatic heterocycles. The first-order chi connectivity index (χ1) is 7.72. The molecule has 4 heteroatoms. The van der Waals surface area contributed by atoms with Crippen LogP contribution in [0, 0.1) is 0 Å². The SMILES string of the molecule is O=CCOc1ccc(Br)c2cc(Cl)ccc12. The van der Waals surface area contributed by atoms with Crippen LogP contribution in [-0.2, 0) is 4.79 Å². The fraction of sp³-hybridized carbons (Fsp3) is 0.0833. The highest BCUT2D eigenvalue weighted by Gasteiger charge is 2.05. The summed E-state index contributed by atoms with van der Waals surface area (Å²) in [7, 11) is 0. The standard InChI is InChI=1S/C12H8BrClO2/c13-11-3-4-12(16-6-5-15)9-2-1-8(14)7-10(9)11/h1-5,7H,6H2. The third kappa shape index (κ3) is 2.20. The minimum absolute atomic E-state index is 0.0549. The van der Waals surface area contributed by atoms with Gasteiger partial charge in [0.15, 0.2) is 6.29 Å². The molecule has 0 amide bonds. The molecule has 2 aromatic carbocycles. The molecule has 0 saturated carbocycles. The van der Waals surface area contributed by atoms with E-state index in [1.165, 1.54) is 0 Å². The van der Waals surface area contributed by atoms with Crippen LogP contribution >= 0.6 is 27.5 Å². The molecule has 16 heavy (non-hydrogen) atoms. The molecule has 0 radical (unpaired) electrons. The van der Waals surface area contributed by atoms with Gasteiger partial charge in [0.25, 0.3) is 0 Å². The maximum atomic E-state index is 10.3. The summed E-state index contributed by atoms with van der Waals surface area (Å²) in [4.78, 5) is 10.3. The van der Waals surface area contributed by atoms with Crippen molar-refractivity contribution in [1.29, 1.82) is 0 Å². The lowest BCUT2D eigenvalue weighted by molar-refractivity contribution is -0.109. The maximum Gasteiger partial charge on any atom is 0.157 e. The average Bonchev–Trinajstić information content (AvgIpc) is 2.29. The largest absolute Gasteiger partial charge is 0.485 e. The molecule has 0 aliphatic rings. The number of aldehydes is 1. The van der Waals surface area contributed by atoms with E-state index < -0.39 is 0 Å². The molecule has 2 aromatic rings. The van der Waals surface area contributed by atoms with Gasteiger partial charge in [-0.2, -0.15) is 0 Å². The van der Waals surface area contributed by atoms with Crippen molar-refractivity contribution >= 4 is 44.6 Å². The first-order valence-corrected chi connectivity index (χ1v) is 5.83. The number of ether oxygens (including phenoxy) is 1. The van der Waals surface area contributed by atoms with Crippen molar-refractivity contribution < 1.29 is 9.53 Å². The van der Waals surface area contributed by atoms with E-state index in [1.807, 2.05) is 24.3 Å². The molecule has 0 heterocycles. The quantitative estimate of drug-likeness (QED) is 0.805. The van der Waals surface area contributed by atoms with Gasteiger partial charge in [0.2, 0.25) is 0 Å². The minimum Gasteiger partial charge on any atom is -0.485 e. The van der Waals surface area contributed by atoms with Crippen LogP contribution in [0.25, 0.3) is 10.8 Å². The Balaban J connectivity index is 2.59. The number of benzene rings is 2. The Kier molecular flexibility index (Phi) is 3.46. The van der Waals surface area contributed by atoms with Crippen LogP contribution in [0.3, 0.4) is 0 Å². The van der Waals surface area contributed by atoms with E-state index in [4.69, 9.17) is 16.3 Å². The molecule has 0 aliphatic carbocycles. The van der Waals surface area contributed by atoms with Crippen LogP contribution in [-0.4, -0.2) is 12.9 Å². The topological polar surface area (TPSA) is 26.3 Å². The highest BCUT2D eigenvalue weighted by Crippen LogP contribution is 2.33. The van der Waals surface area contributed by atoms with Gasteiger partial charge in [-0.05, 0) is 30.3 Å². The lowest BCUT2D eigenvalue weighted by atomic mass is 10.1. The van der Waals surface area contributed by atoms with Crippen LogP contribution < -0.4 is 4.74 Å². The zero-order valence-corrected chi connectivity index (χ0v) is 10.6. The molecule has 0 aromatic heterocycles. The van der Waals surface area contributed by atoms with Gasteiger partial charge in [-0.15, -0.1) is 0 Å². The molecule has 0 fully saturated rings. The van der Waals surface area contributed by atoms with E-state index in [-0.39, 0.29) is 6.61 Å². The predicted molar refractivity (Wildman–Crippen MR) is 68.2 cm³/mol. The zero-order valence-electron chi connectivity index (χ0n) is 8.24. The van der Waals surface area contributed by atoms with Crippen molar-refractivity contribution in [2.75, 3.05) is 6.61 Å². The number of hydrogen-bond donors (Lipinski definition) is 0. The highest BCUT2D eigenvalue weighted by molar-refractivity contribution is 9.10. The second-order valence-corrected chi connectivity index (χ2v) is 4.50. The van der Waals surface area contributed by atoms with E-state index in [0.29, 0.717) is 10.8 Å². The summed E-state index contributed by atoms with van der Waals surface area (Å²) in [6.45, 7) is 0.0549. The molecule has 0 unspecified atom stereocenters. The third-order valence-corrected chi connectivity index (χ3v) is 3.12. The van der Waals surface area contributed by atoms with Crippen LogP contribution in [0.4, 0.5) is 0 Å². The molecule has 0 spiro atoms. The fourth-order valence-corrected chi connectivity index (χ4v) is 2.14. The minimum atomic E-state index is 0.0549. The number of carbonyl (C=O) groups is 1. The van der Waals surface area contributed by atoms with Crippen molar-refractivity contribution in [2.24, 2.45) is 0 Å². The van der Waals surface area contributed by atoms with Gasteiger partial charge in [-0.1, -0.05) is 27.5 Å². The van der Waals surface area contributed by atoms with Gasteiger partial charge < -0.3 is 4.74 Å². The van der Waals surface area contributed by atoms with Crippen LogP contribution in [0.15, 0.2) is 34.8 Å². The normalized spacial score (nSPS) is 10.4. The number of fused-ring (bicyclic) bond motifs is 1. The Morgan fingerprint density at radius 2 is 2.06 bits per heavy atom. The Bertz CT molecular complexity index is 540. The second kappa shape index (κ2) is 4.85. The Morgan fingerprint density at radius 1 is 1.25 bits per heavy atom. The van der Waals surface area contributed by atoms with Crippen LogP contribution in [0.5, 0.6) is 5.75 Å². The summed E-state index contributed by atoms with van der Waals surface area (Å²) in [5.41, 5.74) is 0.